The summed E-state index contributed by atoms with van der Waals surface area (Å²) in [5.74, 6) is 0.959. The van der Waals surface area contributed by atoms with E-state index in [2.05, 4.69) is 20.9 Å². The van der Waals surface area contributed by atoms with Gasteiger partial charge in [-0.15, -0.1) is 0 Å². The van der Waals surface area contributed by atoms with Crippen molar-refractivity contribution in [3.8, 4) is 0 Å². The average molecular weight is 259 g/mol. The summed E-state index contributed by atoms with van der Waals surface area (Å²) in [6.07, 6.45) is 3.75. The smallest absolute Gasteiger partial charge is 0.112 e. The first-order chi connectivity index (χ1) is 9.25. The predicted molar refractivity (Wildman–Crippen MR) is 76.1 cm³/mol. The van der Waals surface area contributed by atoms with Gasteiger partial charge in [0.05, 0.1) is 17.1 Å². The van der Waals surface area contributed by atoms with E-state index >= 15 is 0 Å². The Hall–Kier alpha value is -1.39. The van der Waals surface area contributed by atoms with Crippen LogP contribution in [0.25, 0.3) is 11.0 Å². The number of fused-ring (bicyclic) bond motifs is 1. The monoisotopic (exact) mass is 259 g/mol. The molecule has 1 aliphatic rings. The third-order valence-corrected chi connectivity index (χ3v) is 4.08. The highest BCUT2D eigenvalue weighted by molar-refractivity contribution is 5.75. The number of aryl methyl sites for hydroxylation is 1. The molecule has 1 aromatic heterocycles. The van der Waals surface area contributed by atoms with Crippen molar-refractivity contribution in [2.45, 2.75) is 37.8 Å². The maximum absolute atomic E-state index is 10.4. The second-order valence-corrected chi connectivity index (χ2v) is 5.40. The van der Waals surface area contributed by atoms with Gasteiger partial charge in [-0.05, 0) is 31.5 Å². The molecule has 1 saturated heterocycles. The highest BCUT2D eigenvalue weighted by atomic mass is 16.3. The molecule has 0 saturated carbocycles. The Labute approximate surface area is 113 Å². The Kier molecular flexibility index (Phi) is 3.53. The van der Waals surface area contributed by atoms with Crippen molar-refractivity contribution >= 4 is 11.0 Å². The third-order valence-electron chi connectivity index (χ3n) is 4.08. The van der Waals surface area contributed by atoms with Crippen molar-refractivity contribution in [2.75, 3.05) is 6.54 Å². The molecule has 0 aliphatic carbocycles. The molecule has 1 fully saturated rings. The van der Waals surface area contributed by atoms with Gasteiger partial charge in [0, 0.05) is 19.5 Å². The molecule has 2 N–H and O–H groups in total. The number of aromatic nitrogens is 2. The first-order valence-corrected chi connectivity index (χ1v) is 7.07. The zero-order chi connectivity index (χ0) is 13.2. The second kappa shape index (κ2) is 5.31. The van der Waals surface area contributed by atoms with Gasteiger partial charge in [0.1, 0.15) is 5.82 Å². The van der Waals surface area contributed by atoms with Gasteiger partial charge in [0.25, 0.3) is 0 Å². The summed E-state index contributed by atoms with van der Waals surface area (Å²) in [6, 6.07) is 8.32. The molecule has 0 amide bonds. The summed E-state index contributed by atoms with van der Waals surface area (Å²) < 4.78 is 2.08. The van der Waals surface area contributed by atoms with E-state index in [4.69, 9.17) is 0 Å². The second-order valence-electron chi connectivity index (χ2n) is 5.40. The van der Waals surface area contributed by atoms with Crippen molar-refractivity contribution in [3.05, 3.63) is 30.1 Å². The normalized spacial score (nSPS) is 21.7. The number of nitrogens with one attached hydrogen (secondary N) is 1. The van der Waals surface area contributed by atoms with Crippen molar-refractivity contribution in [3.63, 3.8) is 0 Å². The number of hydrogen-bond acceptors (Lipinski definition) is 3. The van der Waals surface area contributed by atoms with Gasteiger partial charge < -0.3 is 15.0 Å². The van der Waals surface area contributed by atoms with E-state index in [9.17, 15) is 5.11 Å². The molecule has 102 valence electrons. The Balaban J connectivity index is 1.78. The van der Waals surface area contributed by atoms with Crippen LogP contribution in [-0.4, -0.2) is 33.3 Å². The summed E-state index contributed by atoms with van der Waals surface area (Å²) in [6.45, 7) is 1.02. The number of imidazole rings is 1. The molecular weight excluding hydrogens is 238 g/mol. The third kappa shape index (κ3) is 2.51. The van der Waals surface area contributed by atoms with Crippen LogP contribution in [0.15, 0.2) is 24.3 Å². The molecule has 4 nitrogen and oxygen atoms in total. The van der Waals surface area contributed by atoms with Crippen LogP contribution >= 0.6 is 0 Å². The van der Waals surface area contributed by atoms with E-state index < -0.39 is 0 Å². The molecule has 19 heavy (non-hydrogen) atoms. The number of nitrogens with zero attached hydrogens (tertiary/aromatic N) is 2. The molecule has 4 heteroatoms. The maximum atomic E-state index is 10.4. The zero-order valence-corrected chi connectivity index (χ0v) is 11.3. The number of piperidine rings is 1. The van der Waals surface area contributed by atoms with Gasteiger partial charge in [-0.1, -0.05) is 18.6 Å². The Morgan fingerprint density at radius 1 is 1.42 bits per heavy atom. The summed E-state index contributed by atoms with van der Waals surface area (Å²) in [5, 5.41) is 13.8. The standard InChI is InChI=1S/C15H21N3O/c1-18-13-8-3-2-6-11(13)17-15(18)10-14(19)12-7-4-5-9-16-12/h2-3,6,8,12,14,16,19H,4-5,7,9-10H2,1H3. The van der Waals surface area contributed by atoms with Crippen molar-refractivity contribution in [1.82, 2.24) is 14.9 Å². The topological polar surface area (TPSA) is 50.1 Å². The van der Waals surface area contributed by atoms with Gasteiger partial charge in [-0.2, -0.15) is 0 Å². The number of aliphatic hydroxyl groups is 1. The Bertz CT molecular complexity index is 558. The molecule has 2 aromatic rings. The lowest BCUT2D eigenvalue weighted by Crippen LogP contribution is -2.44. The number of benzene rings is 1. The van der Waals surface area contributed by atoms with Crippen molar-refractivity contribution < 1.29 is 5.11 Å². The molecule has 0 bridgehead atoms. The summed E-state index contributed by atoms with van der Waals surface area (Å²) in [7, 11) is 2.02. The Morgan fingerprint density at radius 2 is 2.26 bits per heavy atom. The Morgan fingerprint density at radius 3 is 3.00 bits per heavy atom. The lowest BCUT2D eigenvalue weighted by atomic mass is 9.98. The quantitative estimate of drug-likeness (QED) is 0.880. The lowest BCUT2D eigenvalue weighted by molar-refractivity contribution is 0.111. The average Bonchev–Trinajstić information content (AvgIpc) is 2.77. The van der Waals surface area contributed by atoms with Crippen molar-refractivity contribution in [1.29, 1.82) is 0 Å². The van der Waals surface area contributed by atoms with E-state index in [1.807, 2.05) is 25.2 Å². The SMILES string of the molecule is Cn1c(CC(O)C2CCCCN2)nc2ccccc21. The van der Waals surface area contributed by atoms with E-state index in [1.165, 1.54) is 12.8 Å². The molecular formula is C15H21N3O. The highest BCUT2D eigenvalue weighted by Gasteiger charge is 2.23. The largest absolute Gasteiger partial charge is 0.391 e. The van der Waals surface area contributed by atoms with E-state index in [-0.39, 0.29) is 12.1 Å². The molecule has 3 rings (SSSR count). The van der Waals surface area contributed by atoms with Crippen LogP contribution in [0.3, 0.4) is 0 Å². The van der Waals surface area contributed by atoms with Gasteiger partial charge in [-0.3, -0.25) is 0 Å². The van der Waals surface area contributed by atoms with Crippen LogP contribution in [0.4, 0.5) is 0 Å². The van der Waals surface area contributed by atoms with Crippen LogP contribution < -0.4 is 5.32 Å². The fourth-order valence-corrected chi connectivity index (χ4v) is 2.91. The fourth-order valence-electron chi connectivity index (χ4n) is 2.91. The fraction of sp³-hybridized carbons (Fsp3) is 0.533. The van der Waals surface area contributed by atoms with Crippen LogP contribution in [-0.2, 0) is 13.5 Å². The molecule has 0 radical (unpaired) electrons. The molecule has 2 heterocycles. The van der Waals surface area contributed by atoms with E-state index in [0.29, 0.717) is 6.42 Å². The summed E-state index contributed by atoms with van der Waals surface area (Å²) >= 11 is 0. The predicted octanol–water partition coefficient (Wildman–Crippen LogP) is 1.62. The minimum Gasteiger partial charge on any atom is -0.391 e. The van der Waals surface area contributed by atoms with Crippen LogP contribution in [0.1, 0.15) is 25.1 Å². The van der Waals surface area contributed by atoms with E-state index in [1.54, 1.807) is 0 Å². The number of hydrogen-bond donors (Lipinski definition) is 2. The minimum absolute atomic E-state index is 0.216. The molecule has 2 atom stereocenters. The van der Waals surface area contributed by atoms with Gasteiger partial charge in [-0.25, -0.2) is 4.98 Å². The van der Waals surface area contributed by atoms with Gasteiger partial charge in [0.15, 0.2) is 0 Å². The summed E-state index contributed by atoms with van der Waals surface area (Å²) in [5.41, 5.74) is 2.13. The van der Waals surface area contributed by atoms with Crippen LogP contribution in [0, 0.1) is 0 Å². The maximum Gasteiger partial charge on any atom is 0.112 e. The highest BCUT2D eigenvalue weighted by Crippen LogP contribution is 2.18. The molecule has 1 aromatic carbocycles. The lowest BCUT2D eigenvalue weighted by Gasteiger charge is -2.27. The van der Waals surface area contributed by atoms with E-state index in [0.717, 1.165) is 29.8 Å². The first-order valence-electron chi connectivity index (χ1n) is 7.07. The molecule has 2 unspecified atom stereocenters. The van der Waals surface area contributed by atoms with Gasteiger partial charge in [0.2, 0.25) is 0 Å². The first kappa shape index (κ1) is 12.6. The minimum atomic E-state index is -0.351. The number of rotatable bonds is 3. The number of para-hydroxylation sites is 2. The molecule has 0 spiro atoms. The molecule has 1 aliphatic heterocycles. The van der Waals surface area contributed by atoms with Crippen molar-refractivity contribution in [2.24, 2.45) is 7.05 Å². The van der Waals surface area contributed by atoms with Crippen LogP contribution in [0.2, 0.25) is 0 Å². The summed E-state index contributed by atoms with van der Waals surface area (Å²) in [4.78, 5) is 4.62. The van der Waals surface area contributed by atoms with Gasteiger partial charge >= 0.3 is 0 Å². The van der Waals surface area contributed by atoms with Crippen LogP contribution in [0.5, 0.6) is 0 Å². The zero-order valence-electron chi connectivity index (χ0n) is 11.3. The number of aliphatic hydroxyl groups excluding tert-OH is 1.